The predicted molar refractivity (Wildman–Crippen MR) is 87.5 cm³/mol. The van der Waals surface area contributed by atoms with E-state index in [9.17, 15) is 9.59 Å². The first-order chi connectivity index (χ1) is 10.1. The quantitative estimate of drug-likeness (QED) is 0.772. The van der Waals surface area contributed by atoms with Gasteiger partial charge in [-0.15, -0.1) is 17.5 Å². The van der Waals surface area contributed by atoms with E-state index in [1.807, 2.05) is 19.9 Å². The maximum Gasteiger partial charge on any atom is 0.350 e. The van der Waals surface area contributed by atoms with Crippen LogP contribution in [0.5, 0.6) is 0 Å². The van der Waals surface area contributed by atoms with Crippen molar-refractivity contribution in [1.29, 1.82) is 0 Å². The lowest BCUT2D eigenvalue weighted by atomic mass is 10.3. The van der Waals surface area contributed by atoms with Gasteiger partial charge in [0.1, 0.15) is 0 Å². The number of halogens is 1. The summed E-state index contributed by atoms with van der Waals surface area (Å²) in [5, 5.41) is 10.2. The maximum atomic E-state index is 12.0. The molecule has 1 atom stereocenters. The summed E-state index contributed by atoms with van der Waals surface area (Å²) in [6, 6.07) is 5.59. The van der Waals surface area contributed by atoms with Crippen molar-refractivity contribution in [3.8, 4) is 0 Å². The van der Waals surface area contributed by atoms with Crippen LogP contribution in [0.15, 0.2) is 29.2 Å². The number of carbonyl (C=O) groups is 1. The molecule has 0 aliphatic heterocycles. The minimum atomic E-state index is -0.223. The van der Waals surface area contributed by atoms with Gasteiger partial charge in [-0.25, -0.2) is 9.48 Å². The molecule has 22 heavy (non-hydrogen) atoms. The fourth-order valence-corrected chi connectivity index (χ4v) is 2.10. The molecular formula is C14H22ClN5O2. The molecule has 0 radical (unpaired) electrons. The standard InChI is InChI=1S/C14H21N5O2.ClH/c1-3-15-11(2)10-16-13(20)7-9-19-14(21)18-8-5-4-6-12(18)17-19;/h4-6,8,11,15H,3,7,9-10H2,1-2H3,(H,16,20);1H/t11-;/m1./s1. The first-order valence-electron chi connectivity index (χ1n) is 7.16. The first kappa shape index (κ1) is 18.2. The van der Waals surface area contributed by atoms with Crippen LogP contribution in [0.1, 0.15) is 20.3 Å². The molecule has 2 heterocycles. The minimum Gasteiger partial charge on any atom is -0.354 e. The molecule has 0 saturated carbocycles. The number of nitrogens with zero attached hydrogens (tertiary/aromatic N) is 3. The Bertz CT molecular complexity index is 667. The summed E-state index contributed by atoms with van der Waals surface area (Å²) in [7, 11) is 0. The van der Waals surface area contributed by atoms with Crippen LogP contribution in [0, 0.1) is 0 Å². The second kappa shape index (κ2) is 8.55. The number of pyridine rings is 1. The molecule has 2 aromatic rings. The number of hydrogen-bond donors (Lipinski definition) is 2. The molecule has 0 fully saturated rings. The smallest absolute Gasteiger partial charge is 0.350 e. The van der Waals surface area contributed by atoms with E-state index in [2.05, 4.69) is 15.7 Å². The molecule has 122 valence electrons. The van der Waals surface area contributed by atoms with Crippen molar-refractivity contribution in [2.75, 3.05) is 13.1 Å². The number of carbonyl (C=O) groups excluding carboxylic acids is 1. The van der Waals surface area contributed by atoms with E-state index in [-0.39, 0.29) is 43.0 Å². The van der Waals surface area contributed by atoms with Crippen LogP contribution in [-0.2, 0) is 11.3 Å². The van der Waals surface area contributed by atoms with Crippen molar-refractivity contribution < 1.29 is 4.79 Å². The van der Waals surface area contributed by atoms with Crippen LogP contribution in [0.3, 0.4) is 0 Å². The normalized spacial score (nSPS) is 11.9. The molecule has 0 saturated heterocycles. The molecule has 0 bridgehead atoms. The Hall–Kier alpha value is -1.86. The van der Waals surface area contributed by atoms with E-state index >= 15 is 0 Å². The monoisotopic (exact) mass is 327 g/mol. The van der Waals surface area contributed by atoms with Crippen LogP contribution >= 0.6 is 12.4 Å². The molecule has 2 rings (SSSR count). The van der Waals surface area contributed by atoms with Gasteiger partial charge in [0.25, 0.3) is 0 Å². The van der Waals surface area contributed by atoms with Gasteiger partial charge in [0, 0.05) is 25.2 Å². The highest BCUT2D eigenvalue weighted by molar-refractivity contribution is 5.85. The number of hydrogen-bond acceptors (Lipinski definition) is 4. The number of fused-ring (bicyclic) bond motifs is 1. The van der Waals surface area contributed by atoms with Gasteiger partial charge in [-0.3, -0.25) is 9.20 Å². The Morgan fingerprint density at radius 2 is 2.18 bits per heavy atom. The number of aryl methyl sites for hydroxylation is 1. The van der Waals surface area contributed by atoms with Gasteiger partial charge in [-0.1, -0.05) is 13.0 Å². The number of likely N-dealkylation sites (N-methyl/N-ethyl adjacent to an activating group) is 1. The van der Waals surface area contributed by atoms with E-state index in [1.165, 1.54) is 9.08 Å². The number of rotatable bonds is 7. The fraction of sp³-hybridized carbons (Fsp3) is 0.500. The van der Waals surface area contributed by atoms with E-state index < -0.39 is 0 Å². The molecule has 0 aliphatic rings. The van der Waals surface area contributed by atoms with Gasteiger partial charge in [-0.2, -0.15) is 0 Å². The van der Waals surface area contributed by atoms with Gasteiger partial charge in [0.05, 0.1) is 6.54 Å². The van der Waals surface area contributed by atoms with E-state index in [4.69, 9.17) is 0 Å². The van der Waals surface area contributed by atoms with Gasteiger partial charge in [-0.05, 0) is 25.6 Å². The maximum absolute atomic E-state index is 12.0. The summed E-state index contributed by atoms with van der Waals surface area (Å²) in [5.74, 6) is -0.0799. The van der Waals surface area contributed by atoms with Gasteiger partial charge in [0.2, 0.25) is 5.91 Å². The van der Waals surface area contributed by atoms with E-state index in [0.717, 1.165) is 6.54 Å². The molecular weight excluding hydrogens is 306 g/mol. The van der Waals surface area contributed by atoms with Crippen molar-refractivity contribution in [3.05, 3.63) is 34.9 Å². The van der Waals surface area contributed by atoms with Crippen LogP contribution in [0.25, 0.3) is 5.65 Å². The third kappa shape index (κ3) is 4.57. The van der Waals surface area contributed by atoms with Gasteiger partial charge >= 0.3 is 5.69 Å². The molecule has 7 nitrogen and oxygen atoms in total. The summed E-state index contributed by atoms with van der Waals surface area (Å²) in [6.45, 7) is 5.76. The summed E-state index contributed by atoms with van der Waals surface area (Å²) in [4.78, 5) is 23.8. The zero-order valence-corrected chi connectivity index (χ0v) is 13.6. The van der Waals surface area contributed by atoms with Crippen LogP contribution < -0.4 is 16.3 Å². The van der Waals surface area contributed by atoms with Crippen molar-refractivity contribution in [2.24, 2.45) is 0 Å². The minimum absolute atomic E-state index is 0. The Morgan fingerprint density at radius 3 is 2.86 bits per heavy atom. The lowest BCUT2D eigenvalue weighted by molar-refractivity contribution is -0.121. The SMILES string of the molecule is CCN[C@H](C)CNC(=O)CCn1nc2ccccn2c1=O.Cl. The Kier molecular flexibility index (Phi) is 7.07. The first-order valence-corrected chi connectivity index (χ1v) is 7.16. The van der Waals surface area contributed by atoms with Crippen molar-refractivity contribution >= 4 is 24.0 Å². The summed E-state index contributed by atoms with van der Waals surface area (Å²) in [5.41, 5.74) is 0.364. The van der Waals surface area contributed by atoms with Crippen molar-refractivity contribution in [1.82, 2.24) is 24.8 Å². The lowest BCUT2D eigenvalue weighted by Crippen LogP contribution is -2.39. The largest absolute Gasteiger partial charge is 0.354 e. The van der Waals surface area contributed by atoms with Crippen molar-refractivity contribution in [3.63, 3.8) is 0 Å². The molecule has 8 heteroatoms. The Labute approximate surface area is 135 Å². The number of aromatic nitrogens is 3. The second-order valence-electron chi connectivity index (χ2n) is 4.95. The summed E-state index contributed by atoms with van der Waals surface area (Å²) in [6.07, 6.45) is 1.90. The zero-order chi connectivity index (χ0) is 15.2. The van der Waals surface area contributed by atoms with E-state index in [0.29, 0.717) is 12.2 Å². The topological polar surface area (TPSA) is 80.4 Å². The molecule has 0 unspecified atom stereocenters. The highest BCUT2D eigenvalue weighted by atomic mass is 35.5. The molecule has 0 aliphatic carbocycles. The Balaban J connectivity index is 0.00000242. The highest BCUT2D eigenvalue weighted by Gasteiger charge is 2.09. The third-order valence-corrected chi connectivity index (χ3v) is 3.20. The molecule has 0 spiro atoms. The lowest BCUT2D eigenvalue weighted by Gasteiger charge is -2.12. The van der Waals surface area contributed by atoms with Gasteiger partial charge in [0.15, 0.2) is 5.65 Å². The summed E-state index contributed by atoms with van der Waals surface area (Å²) < 4.78 is 2.79. The number of nitrogens with one attached hydrogen (secondary N) is 2. The van der Waals surface area contributed by atoms with Crippen LogP contribution in [-0.4, -0.2) is 39.2 Å². The molecule has 0 aromatic carbocycles. The average Bonchev–Trinajstić information content (AvgIpc) is 2.80. The summed E-state index contributed by atoms with van der Waals surface area (Å²) >= 11 is 0. The number of amides is 1. The van der Waals surface area contributed by atoms with Crippen molar-refractivity contribution in [2.45, 2.75) is 32.9 Å². The fourth-order valence-electron chi connectivity index (χ4n) is 2.10. The zero-order valence-electron chi connectivity index (χ0n) is 12.8. The van der Waals surface area contributed by atoms with E-state index in [1.54, 1.807) is 18.3 Å². The molecule has 1 amide bonds. The predicted octanol–water partition coefficient (Wildman–Crippen LogP) is 0.422. The third-order valence-electron chi connectivity index (χ3n) is 3.20. The van der Waals surface area contributed by atoms with Crippen LogP contribution in [0.4, 0.5) is 0 Å². The highest BCUT2D eigenvalue weighted by Crippen LogP contribution is 1.96. The van der Waals surface area contributed by atoms with Crippen LogP contribution in [0.2, 0.25) is 0 Å². The molecule has 2 aromatic heterocycles. The molecule has 2 N–H and O–H groups in total. The Morgan fingerprint density at radius 1 is 1.41 bits per heavy atom. The average molecular weight is 328 g/mol. The van der Waals surface area contributed by atoms with Gasteiger partial charge < -0.3 is 10.6 Å². The second-order valence-corrected chi connectivity index (χ2v) is 4.95.